The molecule has 2 aliphatic rings. The molecular formula is C40H64N5O2+. The number of hydrogen-bond donors (Lipinski definition) is 1. The maximum absolute atomic E-state index is 13.1. The second-order valence-corrected chi connectivity index (χ2v) is 13.5. The predicted molar refractivity (Wildman–Crippen MR) is 201 cm³/mol. The van der Waals surface area contributed by atoms with Crippen LogP contribution >= 0.6 is 0 Å². The molecule has 0 spiro atoms. The molecule has 1 amide bonds. The molecule has 1 aromatic carbocycles. The molecular weight excluding hydrogens is 582 g/mol. The highest BCUT2D eigenvalue weighted by atomic mass is 16.5. The van der Waals surface area contributed by atoms with Crippen molar-refractivity contribution in [2.45, 2.75) is 120 Å². The lowest BCUT2D eigenvalue weighted by Gasteiger charge is -2.15. The first kappa shape index (κ1) is 39.7. The summed E-state index contributed by atoms with van der Waals surface area (Å²) in [6.07, 6.45) is 15.7. The largest absolute Gasteiger partial charge is 0.500 e. The van der Waals surface area contributed by atoms with Gasteiger partial charge in [0, 0.05) is 18.3 Å². The summed E-state index contributed by atoms with van der Waals surface area (Å²) >= 11 is 0. The van der Waals surface area contributed by atoms with Crippen LogP contribution in [-0.2, 0) is 11.8 Å². The molecule has 260 valence electrons. The van der Waals surface area contributed by atoms with Crippen LogP contribution in [0.2, 0.25) is 0 Å². The number of allylic oxidation sites excluding steroid dienone is 1. The molecule has 2 aromatic heterocycles. The highest BCUT2D eigenvalue weighted by molar-refractivity contribution is 6.10. The fourth-order valence-corrected chi connectivity index (χ4v) is 5.39. The van der Waals surface area contributed by atoms with E-state index in [1.54, 1.807) is 19.2 Å². The minimum atomic E-state index is -0.222. The lowest BCUT2D eigenvalue weighted by Crippen LogP contribution is -2.19. The molecule has 5 rings (SSSR count). The average molecular weight is 647 g/mol. The normalized spacial score (nSPS) is 14.7. The fourth-order valence-electron chi connectivity index (χ4n) is 5.39. The summed E-state index contributed by atoms with van der Waals surface area (Å²) in [6.45, 7) is 18.3. The highest BCUT2D eigenvalue weighted by Crippen LogP contribution is 2.24. The number of ether oxygens (including phenoxy) is 1. The molecule has 1 atom stereocenters. The maximum atomic E-state index is 13.1. The number of nitrogens with one attached hydrogen (secondary N) is 1. The van der Waals surface area contributed by atoms with Gasteiger partial charge < -0.3 is 9.30 Å². The van der Waals surface area contributed by atoms with Crippen LogP contribution in [0.25, 0.3) is 16.6 Å². The predicted octanol–water partition coefficient (Wildman–Crippen LogP) is 10.1. The Morgan fingerprint density at radius 2 is 1.60 bits per heavy atom. The Morgan fingerprint density at radius 3 is 2.13 bits per heavy atom. The van der Waals surface area contributed by atoms with Gasteiger partial charge in [-0.15, -0.1) is 0 Å². The number of aryl methyl sites for hydroxylation is 3. The first-order valence-electron chi connectivity index (χ1n) is 18.0. The monoisotopic (exact) mass is 647 g/mol. The number of fused-ring (bicyclic) bond motifs is 1. The van der Waals surface area contributed by atoms with Gasteiger partial charge >= 0.3 is 0 Å². The first-order valence-corrected chi connectivity index (χ1v) is 18.0. The molecule has 1 saturated carbocycles. The molecule has 1 aliphatic heterocycles. The van der Waals surface area contributed by atoms with Gasteiger partial charge in [-0.25, -0.2) is 9.56 Å². The zero-order chi connectivity index (χ0) is 34.9. The van der Waals surface area contributed by atoms with Crippen LogP contribution in [0.4, 0.5) is 5.95 Å². The fraction of sp³-hybridized carbons (Fsp3) is 0.600. The van der Waals surface area contributed by atoms with Crippen molar-refractivity contribution in [1.82, 2.24) is 14.5 Å². The zero-order valence-electron chi connectivity index (χ0n) is 31.5. The van der Waals surface area contributed by atoms with Gasteiger partial charge in [0.2, 0.25) is 5.95 Å². The minimum Gasteiger partial charge on any atom is -0.500 e. The Kier molecular flexibility index (Phi) is 17.5. The second-order valence-electron chi connectivity index (χ2n) is 13.5. The Hall–Kier alpha value is -3.48. The van der Waals surface area contributed by atoms with Gasteiger partial charge in [-0.1, -0.05) is 105 Å². The van der Waals surface area contributed by atoms with Crippen molar-refractivity contribution in [2.75, 3.05) is 26.0 Å². The SMILES string of the molecule is C1CCCC1.CCCC.CCCC(C)C(C)C.COC1=C(c2cc(C(=O)Nc3nc4ccc(C)cc4n3C)cc(C)n2)C=[N+](C)CC1. The third-order valence-electron chi connectivity index (χ3n) is 8.97. The van der Waals surface area contributed by atoms with Crippen molar-refractivity contribution in [3.63, 3.8) is 0 Å². The van der Waals surface area contributed by atoms with Gasteiger partial charge in [0.1, 0.15) is 24.9 Å². The van der Waals surface area contributed by atoms with Gasteiger partial charge in [0.15, 0.2) is 6.21 Å². The van der Waals surface area contributed by atoms with E-state index in [1.807, 2.05) is 50.9 Å². The molecule has 0 saturated heterocycles. The van der Waals surface area contributed by atoms with Crippen molar-refractivity contribution in [3.05, 3.63) is 58.6 Å². The zero-order valence-corrected chi connectivity index (χ0v) is 31.5. The number of rotatable bonds is 8. The molecule has 1 N–H and O–H groups in total. The number of hydrogen-bond acceptors (Lipinski definition) is 4. The number of nitrogens with zero attached hydrogens (tertiary/aromatic N) is 4. The summed E-state index contributed by atoms with van der Waals surface area (Å²) < 4.78 is 9.56. The quantitative estimate of drug-likeness (QED) is 0.247. The molecule has 7 nitrogen and oxygen atoms in total. The van der Waals surface area contributed by atoms with Crippen molar-refractivity contribution in [1.29, 1.82) is 0 Å². The van der Waals surface area contributed by atoms with Crippen molar-refractivity contribution in [3.8, 4) is 0 Å². The Balaban J connectivity index is 0.000000370. The lowest BCUT2D eigenvalue weighted by molar-refractivity contribution is -0.492. The van der Waals surface area contributed by atoms with E-state index in [0.717, 1.165) is 64.1 Å². The minimum absolute atomic E-state index is 0.222. The summed E-state index contributed by atoms with van der Waals surface area (Å²) in [5.41, 5.74) is 5.90. The number of carbonyl (C=O) groups excluding carboxylic acids is 1. The summed E-state index contributed by atoms with van der Waals surface area (Å²) in [5.74, 6) is 2.95. The van der Waals surface area contributed by atoms with Crippen LogP contribution < -0.4 is 5.32 Å². The van der Waals surface area contributed by atoms with Gasteiger partial charge in [0.05, 0.1) is 30.3 Å². The van der Waals surface area contributed by atoms with E-state index < -0.39 is 0 Å². The Morgan fingerprint density at radius 1 is 0.957 bits per heavy atom. The molecule has 0 radical (unpaired) electrons. The first-order chi connectivity index (χ1) is 22.4. The summed E-state index contributed by atoms with van der Waals surface area (Å²) in [5, 5.41) is 2.94. The number of imidazole rings is 1. The summed E-state index contributed by atoms with van der Waals surface area (Å²) in [6, 6.07) is 9.62. The van der Waals surface area contributed by atoms with E-state index in [9.17, 15) is 4.79 Å². The average Bonchev–Trinajstić information content (AvgIpc) is 3.74. The molecule has 1 fully saturated rings. The van der Waals surface area contributed by atoms with Gasteiger partial charge in [-0.3, -0.25) is 15.1 Å². The molecule has 3 heterocycles. The third kappa shape index (κ3) is 12.9. The number of methoxy groups -OCH3 is 1. The number of anilines is 1. The number of amides is 1. The molecule has 3 aromatic rings. The van der Waals surface area contributed by atoms with E-state index in [4.69, 9.17) is 4.74 Å². The van der Waals surface area contributed by atoms with E-state index >= 15 is 0 Å². The number of benzene rings is 1. The van der Waals surface area contributed by atoms with E-state index in [2.05, 4.69) is 67.5 Å². The van der Waals surface area contributed by atoms with Crippen molar-refractivity contribution < 1.29 is 14.1 Å². The van der Waals surface area contributed by atoms with Gasteiger partial charge in [-0.05, 0) is 55.5 Å². The van der Waals surface area contributed by atoms with Crippen LogP contribution in [-0.4, -0.2) is 51.9 Å². The number of unbranched alkanes of at least 4 members (excludes halogenated alkanes) is 1. The standard InChI is InChI=1S/C23H25N5O2.C8H18.C5H10.C4H10/c1-14-6-7-18-20(10-14)28(4)23(25-18)26-22(29)16-11-15(2)24-19(12-16)17-13-27(3)9-8-21(17)30-5;1-5-6-8(4)7(2)3;1-2-4-5-3-1;1-3-4-2/h6-7,10-13H,8-9H2,1-5H3;7-8H,5-6H2,1-4H3;1-5H2;3-4H2,1-2H3/p+1. The molecule has 1 unspecified atom stereocenters. The highest BCUT2D eigenvalue weighted by Gasteiger charge is 2.22. The summed E-state index contributed by atoms with van der Waals surface area (Å²) in [7, 11) is 5.59. The Bertz CT molecular complexity index is 1450. The van der Waals surface area contributed by atoms with Crippen LogP contribution in [0.5, 0.6) is 0 Å². The number of aromatic nitrogens is 3. The van der Waals surface area contributed by atoms with E-state index in [0.29, 0.717) is 11.5 Å². The van der Waals surface area contributed by atoms with Crippen LogP contribution in [0, 0.1) is 25.7 Å². The Labute approximate surface area is 285 Å². The molecule has 1 aliphatic carbocycles. The molecule has 7 heteroatoms. The molecule has 0 bridgehead atoms. The smallest absolute Gasteiger partial charge is 0.258 e. The summed E-state index contributed by atoms with van der Waals surface area (Å²) in [4.78, 5) is 22.3. The topological polar surface area (TPSA) is 72.0 Å². The van der Waals surface area contributed by atoms with Gasteiger partial charge in [0.25, 0.3) is 5.91 Å². The van der Waals surface area contributed by atoms with Gasteiger partial charge in [-0.2, -0.15) is 0 Å². The van der Waals surface area contributed by atoms with E-state index in [1.165, 1.54) is 57.8 Å². The lowest BCUT2D eigenvalue weighted by atomic mass is 9.94. The van der Waals surface area contributed by atoms with Crippen LogP contribution in [0.3, 0.4) is 0 Å². The maximum Gasteiger partial charge on any atom is 0.258 e. The van der Waals surface area contributed by atoms with Crippen molar-refractivity contribution >= 4 is 34.7 Å². The van der Waals surface area contributed by atoms with E-state index in [-0.39, 0.29) is 5.91 Å². The second kappa shape index (κ2) is 20.7. The van der Waals surface area contributed by atoms with Crippen LogP contribution in [0.1, 0.15) is 133 Å². The molecule has 47 heavy (non-hydrogen) atoms. The number of pyridine rings is 1. The van der Waals surface area contributed by atoms with Crippen molar-refractivity contribution in [2.24, 2.45) is 18.9 Å². The number of carbonyl (C=O) groups is 1. The third-order valence-corrected chi connectivity index (χ3v) is 8.97. The van der Waals surface area contributed by atoms with Crippen LogP contribution in [0.15, 0.2) is 36.1 Å².